The zero-order valence-corrected chi connectivity index (χ0v) is 33.7. The van der Waals surface area contributed by atoms with E-state index in [1.54, 1.807) is 15.9 Å². The Labute approximate surface area is 374 Å². The van der Waals surface area contributed by atoms with Gasteiger partial charge in [-0.2, -0.15) is 0 Å². The van der Waals surface area contributed by atoms with Gasteiger partial charge in [0.25, 0.3) is 0 Å². The van der Waals surface area contributed by atoms with Gasteiger partial charge in [-0.15, -0.1) is 11.3 Å². The lowest BCUT2D eigenvalue weighted by Gasteiger charge is -2.16. The number of para-hydroxylation sites is 2. The summed E-state index contributed by atoms with van der Waals surface area (Å²) in [6.45, 7) is 0. The molecule has 62 heavy (non-hydrogen) atoms. The normalized spacial score (nSPS) is 13.4. The first-order valence-corrected chi connectivity index (χ1v) is 21.0. The molecule has 0 unspecified atom stereocenters. The van der Waals surface area contributed by atoms with Gasteiger partial charge in [-0.05, 0) is 58.1 Å². The van der Waals surface area contributed by atoms with Crippen LogP contribution in [0.4, 0.5) is 0 Å². The Morgan fingerprint density at radius 2 is 0.887 bits per heavy atom. The monoisotopic (exact) mass is 816 g/mol. The number of nitrogens with zero attached hydrogens (tertiary/aromatic N) is 4. The lowest BCUT2D eigenvalue weighted by atomic mass is 10.00. The second-order valence-electron chi connectivity index (χ2n) is 15.0. The third-order valence-corrected chi connectivity index (χ3v) is 12.6. The van der Waals surface area contributed by atoms with E-state index in [0.717, 1.165) is 38.9 Å². The minimum absolute atomic E-state index is 0.00696. The third-order valence-electron chi connectivity index (χ3n) is 11.3. The molecule has 4 nitrogen and oxygen atoms in total. The average molecular weight is 817 g/mol. The summed E-state index contributed by atoms with van der Waals surface area (Å²) < 4.78 is 75.6. The number of thiophene rings is 1. The Morgan fingerprint density at radius 1 is 0.371 bits per heavy atom. The fourth-order valence-electron chi connectivity index (χ4n) is 8.38. The van der Waals surface area contributed by atoms with Crippen LogP contribution in [0.2, 0.25) is 0 Å². The Bertz CT molecular complexity index is 4020. The molecular formula is C57H36N4S. The quantitative estimate of drug-likeness (QED) is 0.161. The maximum atomic E-state index is 9.29. The van der Waals surface area contributed by atoms with Crippen LogP contribution in [0.5, 0.6) is 0 Å². The zero-order valence-electron chi connectivity index (χ0n) is 40.9. The first-order valence-electron chi connectivity index (χ1n) is 24.2. The summed E-state index contributed by atoms with van der Waals surface area (Å²) >= 11 is 1.78. The predicted octanol–water partition coefficient (Wildman–Crippen LogP) is 15.3. The maximum Gasteiger partial charge on any atom is 0.164 e. The Balaban J connectivity index is 1.10. The topological polar surface area (TPSA) is 43.6 Å². The molecule has 3 heterocycles. The second-order valence-corrected chi connectivity index (χ2v) is 16.0. The van der Waals surface area contributed by atoms with Crippen molar-refractivity contribution < 1.29 is 11.0 Å². The number of hydrogen-bond acceptors (Lipinski definition) is 4. The minimum atomic E-state index is -0.507. The predicted molar refractivity (Wildman–Crippen MR) is 260 cm³/mol. The molecule has 12 rings (SSSR count). The van der Waals surface area contributed by atoms with Gasteiger partial charge < -0.3 is 4.57 Å². The van der Waals surface area contributed by atoms with Crippen molar-refractivity contribution in [3.63, 3.8) is 0 Å². The van der Waals surface area contributed by atoms with Crippen molar-refractivity contribution in [2.75, 3.05) is 0 Å². The highest BCUT2D eigenvalue weighted by atomic mass is 32.1. The van der Waals surface area contributed by atoms with Crippen molar-refractivity contribution in [3.8, 4) is 73.2 Å². The molecule has 9 aromatic carbocycles. The number of aromatic nitrogens is 4. The van der Waals surface area contributed by atoms with E-state index in [1.807, 2.05) is 97.1 Å². The van der Waals surface area contributed by atoms with E-state index in [4.69, 9.17) is 23.2 Å². The molecule has 0 atom stereocenters. The van der Waals surface area contributed by atoms with Crippen LogP contribution in [0.25, 0.3) is 115 Å². The number of rotatable bonds is 7. The van der Waals surface area contributed by atoms with Crippen LogP contribution in [-0.2, 0) is 0 Å². The van der Waals surface area contributed by atoms with E-state index in [-0.39, 0.29) is 33.9 Å². The Morgan fingerprint density at radius 3 is 1.61 bits per heavy atom. The second kappa shape index (κ2) is 14.9. The van der Waals surface area contributed by atoms with Gasteiger partial charge in [-0.3, -0.25) is 0 Å². The SMILES string of the molecule is [2H]c1c([2H])c([2H])c2c(c1[2H])c1c([2H])c([2H])c([2H])c([2H])c1n2-c1cc(-c2nc(-c3ccc(-c4cccc5c4sc4ccccc45)cc3)nc(-c3cccc(-c4ccccc4)c3)n2)ccc1-c1ccccc1. The third kappa shape index (κ3) is 6.18. The Kier molecular flexibility index (Phi) is 6.86. The molecule has 12 aromatic rings. The van der Waals surface area contributed by atoms with Crippen molar-refractivity contribution in [1.82, 2.24) is 19.5 Å². The fourth-order valence-corrected chi connectivity index (χ4v) is 9.62. The summed E-state index contributed by atoms with van der Waals surface area (Å²) in [5.41, 5.74) is 8.08. The van der Waals surface area contributed by atoms with Crippen LogP contribution < -0.4 is 0 Å². The number of fused-ring (bicyclic) bond motifs is 6. The highest BCUT2D eigenvalue weighted by Crippen LogP contribution is 2.41. The van der Waals surface area contributed by atoms with Crippen LogP contribution in [0.15, 0.2) is 218 Å². The molecule has 0 saturated carbocycles. The summed E-state index contributed by atoms with van der Waals surface area (Å²) in [5.74, 6) is 1.16. The van der Waals surface area contributed by atoms with Crippen LogP contribution in [0.1, 0.15) is 11.0 Å². The van der Waals surface area contributed by atoms with Gasteiger partial charge in [-0.25, -0.2) is 15.0 Å². The fraction of sp³-hybridized carbons (Fsp3) is 0. The summed E-state index contributed by atoms with van der Waals surface area (Å²) in [5, 5.41) is 2.43. The number of hydrogen-bond donors (Lipinski definition) is 0. The van der Waals surface area contributed by atoms with Gasteiger partial charge in [-0.1, -0.05) is 188 Å². The zero-order chi connectivity index (χ0) is 47.9. The highest BCUT2D eigenvalue weighted by Gasteiger charge is 2.19. The molecular weight excluding hydrogens is 773 g/mol. The first kappa shape index (κ1) is 28.5. The highest BCUT2D eigenvalue weighted by molar-refractivity contribution is 7.26. The van der Waals surface area contributed by atoms with Gasteiger partial charge in [0.2, 0.25) is 0 Å². The van der Waals surface area contributed by atoms with E-state index in [1.165, 1.54) is 20.2 Å². The van der Waals surface area contributed by atoms with Crippen molar-refractivity contribution >= 4 is 53.3 Å². The van der Waals surface area contributed by atoms with E-state index in [0.29, 0.717) is 34.3 Å². The van der Waals surface area contributed by atoms with Crippen LogP contribution in [0, 0.1) is 0 Å². The molecule has 0 aliphatic heterocycles. The van der Waals surface area contributed by atoms with Gasteiger partial charge in [0.1, 0.15) is 0 Å². The van der Waals surface area contributed by atoms with E-state index in [9.17, 15) is 2.74 Å². The van der Waals surface area contributed by atoms with Gasteiger partial charge >= 0.3 is 0 Å². The molecule has 0 amide bonds. The van der Waals surface area contributed by atoms with Gasteiger partial charge in [0, 0.05) is 53.2 Å². The van der Waals surface area contributed by atoms with Gasteiger partial charge in [0.05, 0.1) is 27.7 Å². The van der Waals surface area contributed by atoms with Crippen LogP contribution >= 0.6 is 11.3 Å². The van der Waals surface area contributed by atoms with E-state index >= 15 is 0 Å². The van der Waals surface area contributed by atoms with Crippen molar-refractivity contribution in [1.29, 1.82) is 0 Å². The smallest absolute Gasteiger partial charge is 0.164 e. The summed E-state index contributed by atoms with van der Waals surface area (Å²) in [4.78, 5) is 15.4. The lowest BCUT2D eigenvalue weighted by Crippen LogP contribution is -2.02. The summed E-state index contributed by atoms with van der Waals surface area (Å²) in [6, 6.07) is 52.7. The van der Waals surface area contributed by atoms with Crippen LogP contribution in [-0.4, -0.2) is 19.5 Å². The van der Waals surface area contributed by atoms with Crippen LogP contribution in [0.3, 0.4) is 0 Å². The summed E-state index contributed by atoms with van der Waals surface area (Å²) in [6.07, 6.45) is 0. The molecule has 0 N–H and O–H groups in total. The molecule has 0 saturated heterocycles. The Hall–Kier alpha value is -7.99. The van der Waals surface area contributed by atoms with E-state index < -0.39 is 36.3 Å². The lowest BCUT2D eigenvalue weighted by molar-refractivity contribution is 1.07. The standard InChI is InChI=1S/C57H36N4S/c1-3-15-37(16-4-1)41-19-13-20-42(35-41)56-58-55(40-31-29-39(30-32-40)45-24-14-25-49-48-23-9-12-28-53(48)62-54(45)49)59-57(60-56)43-33-34-44(38-17-5-2-6-18-38)52(36-43)61-50-26-10-7-21-46(50)47-22-8-11-27-51(47)61/h1-36H/i7D,8D,10D,11D,21D,22D,26D,27D. The first-order chi connectivity index (χ1) is 34.0. The van der Waals surface area contributed by atoms with E-state index in [2.05, 4.69) is 72.8 Å². The molecule has 0 aliphatic carbocycles. The average Bonchev–Trinajstić information content (AvgIpc) is 3.98. The number of benzene rings is 9. The maximum absolute atomic E-state index is 9.29. The van der Waals surface area contributed by atoms with Crippen molar-refractivity contribution in [3.05, 3.63) is 218 Å². The molecule has 5 heteroatoms. The molecule has 0 bridgehead atoms. The van der Waals surface area contributed by atoms with Crippen molar-refractivity contribution in [2.45, 2.75) is 0 Å². The largest absolute Gasteiger partial charge is 0.309 e. The minimum Gasteiger partial charge on any atom is -0.309 e. The molecule has 0 aliphatic rings. The molecule has 0 fully saturated rings. The molecule has 0 spiro atoms. The van der Waals surface area contributed by atoms with Crippen molar-refractivity contribution in [2.24, 2.45) is 0 Å². The summed E-state index contributed by atoms with van der Waals surface area (Å²) in [7, 11) is 0. The molecule has 0 radical (unpaired) electrons. The van der Waals surface area contributed by atoms with Gasteiger partial charge in [0.15, 0.2) is 17.5 Å². The molecule has 3 aromatic heterocycles. The molecule has 290 valence electrons.